The maximum absolute atomic E-state index is 6.54. The second-order valence-electron chi connectivity index (χ2n) is 15.7. The Hall–Kier alpha value is -8.14. The number of para-hydroxylation sites is 2. The van der Waals surface area contributed by atoms with Gasteiger partial charge in [-0.3, -0.25) is 0 Å². The largest absolute Gasteiger partial charge is 0.455 e. The first-order valence-electron chi connectivity index (χ1n) is 20.8. The van der Waals surface area contributed by atoms with E-state index in [2.05, 4.69) is 240 Å². The Morgan fingerprint density at radius 1 is 0.344 bits per heavy atom. The molecule has 2 heterocycles. The van der Waals surface area contributed by atoms with E-state index in [1.165, 1.54) is 43.9 Å². The zero-order valence-corrected chi connectivity index (χ0v) is 33.2. The first-order chi connectivity index (χ1) is 30.2. The zero-order valence-electron chi connectivity index (χ0n) is 33.2. The Morgan fingerprint density at radius 3 is 1.54 bits per heavy atom. The fraction of sp³-hybridized carbons (Fsp3) is 0. The fourth-order valence-electron chi connectivity index (χ4n) is 9.29. The quantitative estimate of drug-likeness (QED) is 0.161. The fourth-order valence-corrected chi connectivity index (χ4v) is 9.29. The minimum absolute atomic E-state index is 0.897. The van der Waals surface area contributed by atoms with E-state index in [-0.39, 0.29) is 0 Å². The number of nitrogens with zero attached hydrogens (tertiary/aromatic N) is 2. The summed E-state index contributed by atoms with van der Waals surface area (Å²) in [6.07, 6.45) is 0. The van der Waals surface area contributed by atoms with Gasteiger partial charge in [-0.2, -0.15) is 0 Å². The lowest BCUT2D eigenvalue weighted by atomic mass is 9.98. The topological polar surface area (TPSA) is 21.3 Å². The van der Waals surface area contributed by atoms with Gasteiger partial charge in [0.15, 0.2) is 0 Å². The second-order valence-corrected chi connectivity index (χ2v) is 15.7. The molecule has 0 saturated carbocycles. The number of aromatic nitrogens is 1. The molecule has 12 aromatic rings. The third-order valence-electron chi connectivity index (χ3n) is 12.2. The summed E-state index contributed by atoms with van der Waals surface area (Å²) < 4.78 is 8.92. The molecule has 0 saturated heterocycles. The van der Waals surface area contributed by atoms with Crippen LogP contribution >= 0.6 is 0 Å². The third-order valence-corrected chi connectivity index (χ3v) is 12.2. The van der Waals surface area contributed by atoms with Gasteiger partial charge in [-0.15, -0.1) is 0 Å². The highest BCUT2D eigenvalue weighted by atomic mass is 16.3. The molecule has 61 heavy (non-hydrogen) atoms. The van der Waals surface area contributed by atoms with E-state index < -0.39 is 0 Å². The molecule has 0 fully saturated rings. The molecule has 0 N–H and O–H groups in total. The molecule has 0 spiro atoms. The Kier molecular flexibility index (Phi) is 8.17. The number of anilines is 3. The van der Waals surface area contributed by atoms with Crippen LogP contribution in [0.1, 0.15) is 0 Å². The predicted octanol–water partition coefficient (Wildman–Crippen LogP) is 16.3. The normalized spacial score (nSPS) is 11.6. The average Bonchev–Trinajstić information content (AvgIpc) is 3.89. The van der Waals surface area contributed by atoms with Crippen LogP contribution in [-0.4, -0.2) is 4.57 Å². The molecule has 0 aliphatic heterocycles. The van der Waals surface area contributed by atoms with E-state index >= 15 is 0 Å². The lowest BCUT2D eigenvalue weighted by Gasteiger charge is -2.26. The number of hydrogen-bond acceptors (Lipinski definition) is 2. The Labute approximate surface area is 353 Å². The molecule has 0 bridgehead atoms. The summed E-state index contributed by atoms with van der Waals surface area (Å²) in [7, 11) is 0. The van der Waals surface area contributed by atoms with Crippen molar-refractivity contribution in [1.82, 2.24) is 4.57 Å². The molecule has 3 nitrogen and oxygen atoms in total. The molecule has 0 unspecified atom stereocenters. The lowest BCUT2D eigenvalue weighted by Crippen LogP contribution is -2.09. The molecule has 0 atom stereocenters. The number of hydrogen-bond donors (Lipinski definition) is 0. The van der Waals surface area contributed by atoms with Gasteiger partial charge < -0.3 is 13.9 Å². The van der Waals surface area contributed by atoms with Crippen LogP contribution in [0.2, 0.25) is 0 Å². The average molecular weight is 779 g/mol. The third kappa shape index (κ3) is 5.90. The van der Waals surface area contributed by atoms with Crippen LogP contribution in [0.4, 0.5) is 17.1 Å². The number of fused-ring (bicyclic) bond motifs is 8. The van der Waals surface area contributed by atoms with E-state index in [1.54, 1.807) is 0 Å². The standard InChI is InChI=1S/C58H38N2O/c1-2-12-39(13-3-1)40-24-31-45(32-25-40)59(47-35-28-43(29-36-47)49-20-11-23-56-57(49)53-37-30-42-14-4-5-17-50(42)58(53)61-56)46-33-26-41(27-34-46)44-15-10-16-48(38-44)60-54-21-8-6-18-51(54)52-19-7-9-22-55(52)60/h1-38H. The van der Waals surface area contributed by atoms with Crippen molar-refractivity contribution < 1.29 is 4.42 Å². The van der Waals surface area contributed by atoms with Gasteiger partial charge in [-0.25, -0.2) is 0 Å². The van der Waals surface area contributed by atoms with Crippen LogP contribution in [0.25, 0.3) is 93.6 Å². The van der Waals surface area contributed by atoms with Gasteiger partial charge in [0.25, 0.3) is 0 Å². The summed E-state index contributed by atoms with van der Waals surface area (Å²) in [5, 5.41) is 7.11. The Balaban J connectivity index is 0.931. The molecule has 0 amide bonds. The van der Waals surface area contributed by atoms with Crippen molar-refractivity contribution in [3.8, 4) is 39.1 Å². The minimum Gasteiger partial charge on any atom is -0.455 e. The van der Waals surface area contributed by atoms with E-state index in [1.807, 2.05) is 0 Å². The highest BCUT2D eigenvalue weighted by Crippen LogP contribution is 2.42. The summed E-state index contributed by atoms with van der Waals surface area (Å²) in [6.45, 7) is 0. The van der Waals surface area contributed by atoms with Gasteiger partial charge in [0.05, 0.1) is 11.0 Å². The predicted molar refractivity (Wildman–Crippen MR) is 257 cm³/mol. The van der Waals surface area contributed by atoms with Gasteiger partial charge in [-0.1, -0.05) is 158 Å². The molecule has 286 valence electrons. The van der Waals surface area contributed by atoms with Gasteiger partial charge in [0.1, 0.15) is 11.2 Å². The molecule has 3 heteroatoms. The molecular formula is C58H38N2O. The van der Waals surface area contributed by atoms with Crippen molar-refractivity contribution in [2.75, 3.05) is 4.90 Å². The van der Waals surface area contributed by atoms with E-state index in [9.17, 15) is 0 Å². The molecule has 0 aliphatic carbocycles. The van der Waals surface area contributed by atoms with Crippen LogP contribution in [-0.2, 0) is 0 Å². The molecule has 0 radical (unpaired) electrons. The summed E-state index contributed by atoms with van der Waals surface area (Å²) in [6, 6.07) is 82.8. The first-order valence-corrected chi connectivity index (χ1v) is 20.8. The smallest absolute Gasteiger partial charge is 0.143 e. The summed E-state index contributed by atoms with van der Waals surface area (Å²) in [4.78, 5) is 2.34. The Bertz CT molecular complexity index is 3510. The summed E-state index contributed by atoms with van der Waals surface area (Å²) in [5.74, 6) is 0. The monoisotopic (exact) mass is 778 g/mol. The maximum atomic E-state index is 6.54. The highest BCUT2D eigenvalue weighted by Gasteiger charge is 2.18. The SMILES string of the molecule is c1ccc(-c2ccc(N(c3ccc(-c4cccc(-n5c6ccccc6c6ccccc65)c4)cc3)c3ccc(-c4cccc5oc6c7ccccc7ccc6c45)cc3)cc2)cc1. The van der Waals surface area contributed by atoms with Gasteiger partial charge >= 0.3 is 0 Å². The van der Waals surface area contributed by atoms with Crippen molar-refractivity contribution in [1.29, 1.82) is 0 Å². The van der Waals surface area contributed by atoms with E-state index in [4.69, 9.17) is 4.42 Å². The number of benzene rings is 10. The van der Waals surface area contributed by atoms with Crippen LogP contribution < -0.4 is 4.90 Å². The van der Waals surface area contributed by atoms with Crippen molar-refractivity contribution in [2.24, 2.45) is 0 Å². The molecule has 2 aromatic heterocycles. The Morgan fingerprint density at radius 2 is 0.869 bits per heavy atom. The first kappa shape index (κ1) is 34.9. The van der Waals surface area contributed by atoms with E-state index in [0.717, 1.165) is 66.8 Å². The lowest BCUT2D eigenvalue weighted by molar-refractivity contribution is 0.673. The maximum Gasteiger partial charge on any atom is 0.143 e. The van der Waals surface area contributed by atoms with Crippen LogP contribution in [0.3, 0.4) is 0 Å². The molecule has 10 aromatic carbocycles. The molecular weight excluding hydrogens is 741 g/mol. The number of furan rings is 1. The molecule has 12 rings (SSSR count). The van der Waals surface area contributed by atoms with Crippen LogP contribution in [0.15, 0.2) is 235 Å². The number of rotatable bonds is 7. The van der Waals surface area contributed by atoms with Gasteiger partial charge in [0, 0.05) is 49.7 Å². The van der Waals surface area contributed by atoms with E-state index in [0.29, 0.717) is 0 Å². The van der Waals surface area contributed by atoms with Crippen molar-refractivity contribution >= 4 is 71.6 Å². The van der Waals surface area contributed by atoms with Gasteiger partial charge in [0.2, 0.25) is 0 Å². The zero-order chi connectivity index (χ0) is 40.3. The van der Waals surface area contributed by atoms with Crippen LogP contribution in [0.5, 0.6) is 0 Å². The molecule has 0 aliphatic rings. The minimum atomic E-state index is 0.897. The van der Waals surface area contributed by atoms with Crippen molar-refractivity contribution in [2.45, 2.75) is 0 Å². The summed E-state index contributed by atoms with van der Waals surface area (Å²) >= 11 is 0. The van der Waals surface area contributed by atoms with Crippen molar-refractivity contribution in [3.05, 3.63) is 231 Å². The van der Waals surface area contributed by atoms with Crippen molar-refractivity contribution in [3.63, 3.8) is 0 Å². The summed E-state index contributed by atoms with van der Waals surface area (Å²) in [5.41, 5.74) is 15.7. The highest BCUT2D eigenvalue weighted by molar-refractivity contribution is 6.19. The second kappa shape index (κ2) is 14.3. The van der Waals surface area contributed by atoms with Crippen LogP contribution in [0, 0.1) is 0 Å². The van der Waals surface area contributed by atoms with Gasteiger partial charge in [-0.05, 0) is 112 Å².